The smallest absolute Gasteiger partial charge is 0.411 e. The van der Waals surface area contributed by atoms with E-state index in [0.29, 0.717) is 41.5 Å². The molecule has 0 bridgehead atoms. The van der Waals surface area contributed by atoms with Crippen LogP contribution in [0.5, 0.6) is 5.75 Å². The van der Waals surface area contributed by atoms with Gasteiger partial charge in [-0.25, -0.2) is 4.79 Å². The van der Waals surface area contributed by atoms with Gasteiger partial charge in [0.2, 0.25) is 5.91 Å². The van der Waals surface area contributed by atoms with Gasteiger partial charge in [0.15, 0.2) is 0 Å². The van der Waals surface area contributed by atoms with E-state index in [1.807, 2.05) is 6.26 Å². The van der Waals surface area contributed by atoms with Gasteiger partial charge < -0.3 is 24.8 Å². The molecule has 3 amide bonds. The van der Waals surface area contributed by atoms with Gasteiger partial charge >= 0.3 is 6.09 Å². The highest BCUT2D eigenvalue weighted by atomic mass is 32.2. The quantitative estimate of drug-likeness (QED) is 0.403. The van der Waals surface area contributed by atoms with E-state index in [2.05, 4.69) is 16.0 Å². The third-order valence-corrected chi connectivity index (χ3v) is 5.13. The minimum absolute atomic E-state index is 0.127. The third-order valence-electron chi connectivity index (χ3n) is 4.48. The van der Waals surface area contributed by atoms with Crippen LogP contribution in [0.1, 0.15) is 16.8 Å². The number of nitrogens with one attached hydrogen (secondary N) is 3. The van der Waals surface area contributed by atoms with Crippen LogP contribution >= 0.6 is 11.8 Å². The van der Waals surface area contributed by atoms with Crippen LogP contribution in [0.25, 0.3) is 0 Å². The van der Waals surface area contributed by atoms with Gasteiger partial charge in [0.1, 0.15) is 18.4 Å². The summed E-state index contributed by atoms with van der Waals surface area (Å²) in [6.45, 7) is 0.420. The number of thioether (sulfide) groups is 1. The van der Waals surface area contributed by atoms with Crippen molar-refractivity contribution >= 4 is 41.0 Å². The van der Waals surface area contributed by atoms with Gasteiger partial charge in [0.05, 0.1) is 19.3 Å². The van der Waals surface area contributed by atoms with Gasteiger partial charge in [-0.3, -0.25) is 14.9 Å². The molecule has 9 nitrogen and oxygen atoms in total. The summed E-state index contributed by atoms with van der Waals surface area (Å²) >= 11 is 1.58. The fourth-order valence-electron chi connectivity index (χ4n) is 2.85. The minimum Gasteiger partial charge on any atom is -0.496 e. The number of benzene rings is 2. The van der Waals surface area contributed by atoms with Crippen molar-refractivity contribution in [3.63, 3.8) is 0 Å². The van der Waals surface area contributed by atoms with Crippen molar-refractivity contribution in [1.82, 2.24) is 5.32 Å². The van der Waals surface area contributed by atoms with Crippen LogP contribution in [-0.2, 0) is 14.3 Å². The molecule has 0 aliphatic heterocycles. The van der Waals surface area contributed by atoms with Gasteiger partial charge in [0, 0.05) is 18.5 Å². The summed E-state index contributed by atoms with van der Waals surface area (Å²) in [5.74, 6) is 0.337. The molecule has 178 valence electrons. The summed E-state index contributed by atoms with van der Waals surface area (Å²) in [4.78, 5) is 37.6. The summed E-state index contributed by atoms with van der Waals surface area (Å²) < 4.78 is 15.0. The van der Waals surface area contributed by atoms with Crippen LogP contribution in [-0.4, -0.2) is 63.4 Å². The zero-order valence-electron chi connectivity index (χ0n) is 18.9. The number of anilines is 2. The van der Waals surface area contributed by atoms with Crippen LogP contribution in [0.15, 0.2) is 48.5 Å². The van der Waals surface area contributed by atoms with Crippen molar-refractivity contribution < 1.29 is 28.6 Å². The average Bonchev–Trinajstić information content (AvgIpc) is 2.81. The molecule has 0 spiro atoms. The lowest BCUT2D eigenvalue weighted by molar-refractivity contribution is -0.118. The Morgan fingerprint density at radius 2 is 1.70 bits per heavy atom. The molecule has 3 N–H and O–H groups in total. The van der Waals surface area contributed by atoms with Gasteiger partial charge in [-0.15, -0.1) is 0 Å². The maximum absolute atomic E-state index is 13.0. The van der Waals surface area contributed by atoms with Crippen LogP contribution in [0, 0.1) is 0 Å². The molecular weight excluding hydrogens is 446 g/mol. The molecule has 0 aromatic heterocycles. The Hall–Kier alpha value is -3.24. The number of rotatable bonds is 12. The molecule has 0 aliphatic rings. The minimum atomic E-state index is -0.759. The summed E-state index contributed by atoms with van der Waals surface area (Å²) in [7, 11) is 3.00. The van der Waals surface area contributed by atoms with Crippen LogP contribution in [0.4, 0.5) is 16.2 Å². The maximum atomic E-state index is 13.0. The number of amides is 3. The molecule has 2 aromatic rings. The van der Waals surface area contributed by atoms with E-state index in [4.69, 9.17) is 14.2 Å². The van der Waals surface area contributed by atoms with Crippen molar-refractivity contribution in [2.24, 2.45) is 0 Å². The van der Waals surface area contributed by atoms with Crippen molar-refractivity contribution in [2.75, 3.05) is 50.1 Å². The first-order valence-corrected chi connectivity index (χ1v) is 11.6. The maximum Gasteiger partial charge on any atom is 0.411 e. The first kappa shape index (κ1) is 26.0. The molecular formula is C23H29N3O6S. The Kier molecular flexibility index (Phi) is 11.1. The highest BCUT2D eigenvalue weighted by molar-refractivity contribution is 7.98. The molecule has 2 aromatic carbocycles. The molecule has 10 heteroatoms. The Balaban J connectivity index is 2.05. The Labute approximate surface area is 197 Å². The standard InChI is InChI=1S/C23H29N3O6S/c1-30-12-13-32-23(29)25-17-8-6-7-16(15-17)24-22(28)19(11-14-33-3)26-21(27)18-9-4-5-10-20(18)31-2/h4-10,15,19H,11-14H2,1-3H3,(H,24,28)(H,25,29)(H,26,27). The number of ether oxygens (including phenoxy) is 3. The Morgan fingerprint density at radius 1 is 0.970 bits per heavy atom. The van der Waals surface area contributed by atoms with Crippen LogP contribution < -0.4 is 20.7 Å². The number of methoxy groups -OCH3 is 2. The number of hydrogen-bond acceptors (Lipinski definition) is 7. The average molecular weight is 476 g/mol. The fourth-order valence-corrected chi connectivity index (χ4v) is 3.32. The highest BCUT2D eigenvalue weighted by Gasteiger charge is 2.23. The van der Waals surface area contributed by atoms with E-state index in [0.717, 1.165) is 0 Å². The number of para-hydroxylation sites is 1. The van der Waals surface area contributed by atoms with E-state index >= 15 is 0 Å². The molecule has 1 atom stereocenters. The summed E-state index contributed by atoms with van der Waals surface area (Å²) in [6, 6.07) is 12.7. The van der Waals surface area contributed by atoms with Crippen LogP contribution in [0.3, 0.4) is 0 Å². The molecule has 0 heterocycles. The second-order valence-electron chi connectivity index (χ2n) is 6.83. The molecule has 0 radical (unpaired) electrons. The topological polar surface area (TPSA) is 115 Å². The zero-order chi connectivity index (χ0) is 24.1. The lowest BCUT2D eigenvalue weighted by Crippen LogP contribution is -2.44. The van der Waals surface area contributed by atoms with Crippen molar-refractivity contribution in [3.8, 4) is 5.75 Å². The molecule has 0 saturated heterocycles. The van der Waals surface area contributed by atoms with E-state index in [1.165, 1.54) is 14.2 Å². The molecule has 0 saturated carbocycles. The van der Waals surface area contributed by atoms with E-state index in [-0.39, 0.29) is 12.5 Å². The van der Waals surface area contributed by atoms with E-state index in [1.54, 1.807) is 60.3 Å². The van der Waals surface area contributed by atoms with Gasteiger partial charge in [-0.05, 0) is 48.8 Å². The molecule has 1 unspecified atom stereocenters. The predicted molar refractivity (Wildman–Crippen MR) is 129 cm³/mol. The van der Waals surface area contributed by atoms with Gasteiger partial charge in [-0.2, -0.15) is 11.8 Å². The first-order chi connectivity index (χ1) is 16.0. The van der Waals surface area contributed by atoms with Crippen molar-refractivity contribution in [2.45, 2.75) is 12.5 Å². The summed E-state index contributed by atoms with van der Waals surface area (Å²) in [5, 5.41) is 8.18. The number of carbonyl (C=O) groups excluding carboxylic acids is 3. The number of carbonyl (C=O) groups is 3. The van der Waals surface area contributed by atoms with Crippen molar-refractivity contribution in [3.05, 3.63) is 54.1 Å². The Bertz CT molecular complexity index is 940. The lowest BCUT2D eigenvalue weighted by Gasteiger charge is -2.19. The molecule has 33 heavy (non-hydrogen) atoms. The highest BCUT2D eigenvalue weighted by Crippen LogP contribution is 2.19. The number of hydrogen-bond donors (Lipinski definition) is 3. The second-order valence-corrected chi connectivity index (χ2v) is 7.82. The largest absolute Gasteiger partial charge is 0.496 e. The predicted octanol–water partition coefficient (Wildman–Crippen LogP) is 3.38. The van der Waals surface area contributed by atoms with E-state index in [9.17, 15) is 14.4 Å². The van der Waals surface area contributed by atoms with E-state index < -0.39 is 18.0 Å². The summed E-state index contributed by atoms with van der Waals surface area (Å²) in [5.41, 5.74) is 1.27. The zero-order valence-corrected chi connectivity index (χ0v) is 19.7. The van der Waals surface area contributed by atoms with Crippen LogP contribution in [0.2, 0.25) is 0 Å². The second kappa shape index (κ2) is 14.0. The Morgan fingerprint density at radius 3 is 2.39 bits per heavy atom. The molecule has 0 aliphatic carbocycles. The SMILES string of the molecule is COCCOC(=O)Nc1cccc(NC(=O)C(CCSC)NC(=O)c2ccccc2OC)c1. The lowest BCUT2D eigenvalue weighted by atomic mass is 10.1. The van der Waals surface area contributed by atoms with Gasteiger partial charge in [0.25, 0.3) is 5.91 Å². The fraction of sp³-hybridized carbons (Fsp3) is 0.348. The van der Waals surface area contributed by atoms with Gasteiger partial charge in [-0.1, -0.05) is 18.2 Å². The summed E-state index contributed by atoms with van der Waals surface area (Å²) in [6.07, 6.45) is 1.74. The normalized spacial score (nSPS) is 11.2. The third kappa shape index (κ3) is 8.66. The molecule has 2 rings (SSSR count). The first-order valence-electron chi connectivity index (χ1n) is 10.2. The monoisotopic (exact) mass is 475 g/mol. The molecule has 0 fully saturated rings. The van der Waals surface area contributed by atoms with Crippen molar-refractivity contribution in [1.29, 1.82) is 0 Å².